The molecule has 0 unspecified atom stereocenters. The molecule has 0 saturated heterocycles. The number of anilines is 1. The van der Waals surface area contributed by atoms with Crippen molar-refractivity contribution in [2.24, 2.45) is 7.05 Å². The van der Waals surface area contributed by atoms with Gasteiger partial charge >= 0.3 is 0 Å². The lowest BCUT2D eigenvalue weighted by atomic mass is 10.2. The van der Waals surface area contributed by atoms with E-state index in [4.69, 9.17) is 32.7 Å². The van der Waals surface area contributed by atoms with Crippen molar-refractivity contribution >= 4 is 46.6 Å². The number of hydrogen-bond acceptors (Lipinski definition) is 6. The van der Waals surface area contributed by atoms with Gasteiger partial charge in [-0.25, -0.2) is 0 Å². The van der Waals surface area contributed by atoms with Gasteiger partial charge in [0.25, 0.3) is 0 Å². The molecule has 0 saturated carbocycles. The van der Waals surface area contributed by atoms with Crippen molar-refractivity contribution in [3.8, 4) is 11.5 Å². The molecule has 1 heterocycles. The topological polar surface area (TPSA) is 78.3 Å². The van der Waals surface area contributed by atoms with E-state index in [1.807, 2.05) is 39.1 Å². The summed E-state index contributed by atoms with van der Waals surface area (Å²) in [6, 6.07) is 10.7. The van der Waals surface area contributed by atoms with Crippen LogP contribution in [0.25, 0.3) is 0 Å². The Hall–Kier alpha value is -2.42. The van der Waals surface area contributed by atoms with E-state index >= 15 is 0 Å². The summed E-state index contributed by atoms with van der Waals surface area (Å²) < 4.78 is 13.3. The Morgan fingerprint density at radius 3 is 2.65 bits per heavy atom. The lowest BCUT2D eigenvalue weighted by Gasteiger charge is -2.12. The van der Waals surface area contributed by atoms with Crippen LogP contribution in [0.1, 0.15) is 18.3 Å². The highest BCUT2D eigenvalue weighted by atomic mass is 35.5. The monoisotopic (exact) mass is 480 g/mol. The normalized spacial score (nSPS) is 10.7. The predicted octanol–water partition coefficient (Wildman–Crippen LogP) is 5.14. The van der Waals surface area contributed by atoms with E-state index in [0.717, 1.165) is 5.56 Å². The van der Waals surface area contributed by atoms with Crippen LogP contribution >= 0.6 is 35.0 Å². The molecular weight excluding hydrogens is 459 g/mol. The molecule has 0 bridgehead atoms. The zero-order valence-corrected chi connectivity index (χ0v) is 19.6. The molecule has 0 aliphatic heterocycles. The van der Waals surface area contributed by atoms with Crippen molar-refractivity contribution in [2.75, 3.05) is 17.7 Å². The van der Waals surface area contributed by atoms with Crippen LogP contribution in [0.2, 0.25) is 10.0 Å². The van der Waals surface area contributed by atoms with Crippen molar-refractivity contribution in [3.63, 3.8) is 0 Å². The molecule has 0 spiro atoms. The van der Waals surface area contributed by atoms with Gasteiger partial charge in [-0.05, 0) is 49.7 Å². The molecule has 31 heavy (non-hydrogen) atoms. The van der Waals surface area contributed by atoms with Crippen LogP contribution in [0.3, 0.4) is 0 Å². The maximum Gasteiger partial charge on any atom is 0.234 e. The van der Waals surface area contributed by atoms with Crippen LogP contribution in [0.5, 0.6) is 11.5 Å². The number of thioether (sulfide) groups is 1. The van der Waals surface area contributed by atoms with E-state index in [1.165, 1.54) is 11.8 Å². The zero-order valence-electron chi connectivity index (χ0n) is 17.3. The molecule has 0 atom stereocenters. The number of carbonyl (C=O) groups excluding carboxylic acids is 1. The molecular formula is C21H22Cl2N4O3S. The first-order chi connectivity index (χ1) is 14.9. The standard InChI is InChI=1S/C21H22Cl2N4O3S/c1-4-29-18-9-13(2)5-8-17(18)30-11-19-25-26-21(27(19)3)31-12-20(28)24-14-6-7-15(22)16(23)10-14/h5-10H,4,11-12H2,1-3H3,(H,24,28). The number of rotatable bonds is 9. The first kappa shape index (κ1) is 23.2. The Morgan fingerprint density at radius 1 is 1.10 bits per heavy atom. The first-order valence-electron chi connectivity index (χ1n) is 9.49. The molecule has 0 aliphatic rings. The van der Waals surface area contributed by atoms with Crippen molar-refractivity contribution in [1.29, 1.82) is 0 Å². The van der Waals surface area contributed by atoms with Gasteiger partial charge in [0, 0.05) is 12.7 Å². The van der Waals surface area contributed by atoms with Crippen molar-refractivity contribution in [2.45, 2.75) is 25.6 Å². The summed E-state index contributed by atoms with van der Waals surface area (Å²) in [6.07, 6.45) is 0. The fourth-order valence-corrected chi connectivity index (χ4v) is 3.67. The lowest BCUT2D eigenvalue weighted by molar-refractivity contribution is -0.113. The van der Waals surface area contributed by atoms with Gasteiger partial charge in [0.15, 0.2) is 22.5 Å². The lowest BCUT2D eigenvalue weighted by Crippen LogP contribution is -2.14. The Balaban J connectivity index is 1.56. The zero-order chi connectivity index (χ0) is 22.4. The third kappa shape index (κ3) is 6.29. The van der Waals surface area contributed by atoms with E-state index < -0.39 is 0 Å². The van der Waals surface area contributed by atoms with E-state index in [1.54, 1.807) is 22.8 Å². The average Bonchev–Trinajstić information content (AvgIpc) is 3.08. The Bertz CT molecular complexity index is 1070. The number of ether oxygens (including phenoxy) is 2. The maximum atomic E-state index is 12.2. The Kier molecular flexibility index (Phi) is 8.06. The minimum absolute atomic E-state index is 0.166. The van der Waals surface area contributed by atoms with Crippen molar-refractivity contribution in [3.05, 3.63) is 57.8 Å². The summed E-state index contributed by atoms with van der Waals surface area (Å²) in [5.41, 5.74) is 1.67. The van der Waals surface area contributed by atoms with Crippen molar-refractivity contribution < 1.29 is 14.3 Å². The van der Waals surface area contributed by atoms with E-state index in [9.17, 15) is 4.79 Å². The second kappa shape index (κ2) is 10.7. The van der Waals surface area contributed by atoms with Crippen molar-refractivity contribution in [1.82, 2.24) is 14.8 Å². The molecule has 0 radical (unpaired) electrons. The fraction of sp³-hybridized carbons (Fsp3) is 0.286. The third-order valence-corrected chi connectivity index (χ3v) is 5.98. The highest BCUT2D eigenvalue weighted by Crippen LogP contribution is 2.29. The van der Waals surface area contributed by atoms with Crippen LogP contribution < -0.4 is 14.8 Å². The van der Waals surface area contributed by atoms with Gasteiger partial charge in [-0.3, -0.25) is 4.79 Å². The molecule has 0 fully saturated rings. The molecule has 10 heteroatoms. The molecule has 1 amide bonds. The first-order valence-corrected chi connectivity index (χ1v) is 11.2. The number of hydrogen-bond donors (Lipinski definition) is 1. The molecule has 2 aromatic carbocycles. The van der Waals surface area contributed by atoms with Gasteiger partial charge in [-0.15, -0.1) is 10.2 Å². The average molecular weight is 481 g/mol. The molecule has 3 aromatic rings. The summed E-state index contributed by atoms with van der Waals surface area (Å²) in [5, 5.41) is 12.5. The van der Waals surface area contributed by atoms with E-state index in [-0.39, 0.29) is 18.3 Å². The number of aryl methyl sites for hydroxylation is 1. The summed E-state index contributed by atoms with van der Waals surface area (Å²) in [7, 11) is 1.83. The Morgan fingerprint density at radius 2 is 1.90 bits per heavy atom. The molecule has 1 N–H and O–H groups in total. The highest BCUT2D eigenvalue weighted by Gasteiger charge is 2.14. The highest BCUT2D eigenvalue weighted by molar-refractivity contribution is 7.99. The van der Waals surface area contributed by atoms with Crippen LogP contribution in [-0.4, -0.2) is 33.0 Å². The number of amides is 1. The van der Waals surface area contributed by atoms with Gasteiger partial charge in [-0.1, -0.05) is 41.0 Å². The number of carbonyl (C=O) groups is 1. The van der Waals surface area contributed by atoms with Crippen LogP contribution in [0, 0.1) is 6.92 Å². The molecule has 7 nitrogen and oxygen atoms in total. The van der Waals surface area contributed by atoms with Gasteiger partial charge in [0.1, 0.15) is 6.61 Å². The van der Waals surface area contributed by atoms with Gasteiger partial charge in [0.2, 0.25) is 5.91 Å². The van der Waals surface area contributed by atoms with E-state index in [2.05, 4.69) is 15.5 Å². The minimum atomic E-state index is -0.190. The van der Waals surface area contributed by atoms with Crippen LogP contribution in [0.4, 0.5) is 5.69 Å². The summed E-state index contributed by atoms with van der Waals surface area (Å²) in [4.78, 5) is 12.2. The molecule has 164 valence electrons. The number of nitrogens with zero attached hydrogens (tertiary/aromatic N) is 3. The smallest absolute Gasteiger partial charge is 0.234 e. The largest absolute Gasteiger partial charge is 0.490 e. The third-order valence-electron chi connectivity index (χ3n) is 4.22. The second-order valence-corrected chi connectivity index (χ2v) is 8.35. The van der Waals surface area contributed by atoms with Crippen LogP contribution in [-0.2, 0) is 18.4 Å². The number of nitrogens with one attached hydrogen (secondary N) is 1. The summed E-state index contributed by atoms with van der Waals surface area (Å²) >= 11 is 13.1. The van der Waals surface area contributed by atoms with Gasteiger partial charge < -0.3 is 19.4 Å². The minimum Gasteiger partial charge on any atom is -0.490 e. The molecule has 1 aromatic heterocycles. The fourth-order valence-electron chi connectivity index (χ4n) is 2.64. The second-order valence-electron chi connectivity index (χ2n) is 6.60. The number of aromatic nitrogens is 3. The maximum absolute atomic E-state index is 12.2. The number of halogens is 2. The van der Waals surface area contributed by atoms with Gasteiger partial charge in [-0.2, -0.15) is 0 Å². The molecule has 0 aliphatic carbocycles. The number of benzene rings is 2. The SMILES string of the molecule is CCOc1cc(C)ccc1OCc1nnc(SCC(=O)Nc2ccc(Cl)c(Cl)c2)n1C. The predicted molar refractivity (Wildman–Crippen MR) is 123 cm³/mol. The van der Waals surface area contributed by atoms with E-state index in [0.29, 0.717) is 44.8 Å². The molecule has 3 rings (SSSR count). The Labute approximate surface area is 195 Å². The quantitative estimate of drug-likeness (QED) is 0.427. The van der Waals surface area contributed by atoms with Crippen LogP contribution in [0.15, 0.2) is 41.6 Å². The summed E-state index contributed by atoms with van der Waals surface area (Å²) in [5.74, 6) is 1.95. The summed E-state index contributed by atoms with van der Waals surface area (Å²) in [6.45, 7) is 4.70. The van der Waals surface area contributed by atoms with Gasteiger partial charge in [0.05, 0.1) is 22.4 Å².